The van der Waals surface area contributed by atoms with E-state index in [2.05, 4.69) is 16.3 Å². The number of hydrogen-bond donors (Lipinski definition) is 0. The van der Waals surface area contributed by atoms with E-state index in [0.29, 0.717) is 23.7 Å². The summed E-state index contributed by atoms with van der Waals surface area (Å²) in [6, 6.07) is 9.75. The molecule has 0 aliphatic carbocycles. The largest absolute Gasteiger partial charge is 0.497 e. The first-order valence-corrected chi connectivity index (χ1v) is 9.96. The lowest BCUT2D eigenvalue weighted by Gasteiger charge is -2.11. The number of ether oxygens (including phenoxy) is 1. The number of aromatic nitrogens is 2. The number of amides is 1. The van der Waals surface area contributed by atoms with Gasteiger partial charge in [-0.1, -0.05) is 29.8 Å². The number of allylic oxidation sites excluding steroid dienone is 2. The van der Waals surface area contributed by atoms with Crippen LogP contribution in [0, 0.1) is 0 Å². The van der Waals surface area contributed by atoms with Crippen LogP contribution < -0.4 is 0 Å². The first-order chi connectivity index (χ1) is 13.5. The molecule has 0 saturated heterocycles. The SMILES string of the molecule is CN(C)C(=O)c1nnc(CC2=COCC=C2)c2cc(-c3ccc(Cl)cc3)sc12. The molecule has 7 heteroatoms. The molecule has 1 amide bonds. The molecule has 0 N–H and O–H groups in total. The van der Waals surface area contributed by atoms with Crippen LogP contribution in [0.2, 0.25) is 5.02 Å². The summed E-state index contributed by atoms with van der Waals surface area (Å²) in [4.78, 5) is 15.2. The molecule has 1 aliphatic rings. The van der Waals surface area contributed by atoms with Crippen LogP contribution in [0.5, 0.6) is 0 Å². The third kappa shape index (κ3) is 3.66. The van der Waals surface area contributed by atoms with Crippen molar-refractivity contribution in [3.05, 3.63) is 70.7 Å². The van der Waals surface area contributed by atoms with Crippen molar-refractivity contribution in [3.8, 4) is 10.4 Å². The zero-order valence-corrected chi connectivity index (χ0v) is 17.0. The summed E-state index contributed by atoms with van der Waals surface area (Å²) in [5, 5.41) is 10.3. The van der Waals surface area contributed by atoms with Crippen LogP contribution in [0.3, 0.4) is 0 Å². The second kappa shape index (κ2) is 7.73. The predicted octanol–water partition coefficient (Wildman–Crippen LogP) is 4.73. The van der Waals surface area contributed by atoms with E-state index in [1.165, 1.54) is 4.90 Å². The standard InChI is InChI=1S/C21H18ClN3O2S/c1-25(2)21(26)19-20-16(11-18(28-20)14-5-7-15(22)8-6-14)17(23-24-19)10-13-4-3-9-27-12-13/h3-8,11-12H,9-10H2,1-2H3. The highest BCUT2D eigenvalue weighted by Crippen LogP contribution is 2.37. The second-order valence-corrected chi connectivity index (χ2v) is 8.15. The maximum atomic E-state index is 12.6. The normalized spacial score (nSPS) is 13.3. The topological polar surface area (TPSA) is 55.3 Å². The Labute approximate surface area is 171 Å². The van der Waals surface area contributed by atoms with Crippen LogP contribution in [-0.4, -0.2) is 41.7 Å². The summed E-state index contributed by atoms with van der Waals surface area (Å²) in [7, 11) is 3.43. The highest BCUT2D eigenvalue weighted by atomic mass is 35.5. The fourth-order valence-corrected chi connectivity index (χ4v) is 4.26. The quantitative estimate of drug-likeness (QED) is 0.623. The molecule has 28 heavy (non-hydrogen) atoms. The molecule has 0 saturated carbocycles. The molecule has 3 aromatic rings. The van der Waals surface area contributed by atoms with Crippen molar-refractivity contribution < 1.29 is 9.53 Å². The summed E-state index contributed by atoms with van der Waals surface area (Å²) < 4.78 is 6.22. The molecule has 0 unspecified atom stereocenters. The maximum Gasteiger partial charge on any atom is 0.275 e. The Morgan fingerprint density at radius 3 is 2.71 bits per heavy atom. The third-order valence-corrected chi connectivity index (χ3v) is 5.84. The number of hydrogen-bond acceptors (Lipinski definition) is 5. The fourth-order valence-electron chi connectivity index (χ4n) is 2.97. The lowest BCUT2D eigenvalue weighted by molar-refractivity contribution is 0.0823. The third-order valence-electron chi connectivity index (χ3n) is 4.40. The minimum absolute atomic E-state index is 0.159. The van der Waals surface area contributed by atoms with Gasteiger partial charge in [0.2, 0.25) is 0 Å². The highest BCUT2D eigenvalue weighted by molar-refractivity contribution is 7.22. The minimum Gasteiger partial charge on any atom is -0.497 e. The van der Waals surface area contributed by atoms with Gasteiger partial charge in [0.1, 0.15) is 6.61 Å². The van der Waals surface area contributed by atoms with E-state index < -0.39 is 0 Å². The van der Waals surface area contributed by atoms with Crippen LogP contribution in [-0.2, 0) is 11.2 Å². The van der Waals surface area contributed by atoms with Gasteiger partial charge in [-0.25, -0.2) is 0 Å². The molecule has 1 aliphatic heterocycles. The summed E-state index contributed by atoms with van der Waals surface area (Å²) in [5.74, 6) is -0.159. The Morgan fingerprint density at radius 1 is 1.25 bits per heavy atom. The molecule has 0 spiro atoms. The molecule has 5 nitrogen and oxygen atoms in total. The zero-order valence-electron chi connectivity index (χ0n) is 15.5. The maximum absolute atomic E-state index is 12.6. The number of carbonyl (C=O) groups is 1. The van der Waals surface area contributed by atoms with Gasteiger partial charge >= 0.3 is 0 Å². The average Bonchev–Trinajstić information content (AvgIpc) is 3.15. The molecule has 0 bridgehead atoms. The first kappa shape index (κ1) is 18.7. The Bertz CT molecular complexity index is 1100. The van der Waals surface area contributed by atoms with Crippen molar-refractivity contribution in [3.63, 3.8) is 0 Å². The van der Waals surface area contributed by atoms with Crippen LogP contribution in [0.25, 0.3) is 20.5 Å². The van der Waals surface area contributed by atoms with Gasteiger partial charge in [0.15, 0.2) is 5.69 Å². The number of carbonyl (C=O) groups excluding carboxylic acids is 1. The van der Waals surface area contributed by atoms with E-state index in [9.17, 15) is 4.79 Å². The Hall–Kier alpha value is -2.70. The van der Waals surface area contributed by atoms with Gasteiger partial charge in [0.25, 0.3) is 5.91 Å². The smallest absolute Gasteiger partial charge is 0.275 e. The minimum atomic E-state index is -0.159. The number of rotatable bonds is 4. The average molecular weight is 412 g/mol. The van der Waals surface area contributed by atoms with Crippen molar-refractivity contribution in [1.82, 2.24) is 15.1 Å². The van der Waals surface area contributed by atoms with Crippen LogP contribution >= 0.6 is 22.9 Å². The lowest BCUT2D eigenvalue weighted by atomic mass is 10.1. The second-order valence-electron chi connectivity index (χ2n) is 6.66. The van der Waals surface area contributed by atoms with Gasteiger partial charge in [-0.2, -0.15) is 5.10 Å². The molecule has 0 fully saturated rings. The summed E-state index contributed by atoms with van der Waals surface area (Å²) >= 11 is 7.56. The lowest BCUT2D eigenvalue weighted by Crippen LogP contribution is -2.23. The molecule has 4 rings (SSSR count). The van der Waals surface area contributed by atoms with E-state index in [0.717, 1.165) is 31.8 Å². The number of nitrogens with zero attached hydrogens (tertiary/aromatic N) is 3. The van der Waals surface area contributed by atoms with E-state index in [1.54, 1.807) is 31.7 Å². The summed E-state index contributed by atoms with van der Waals surface area (Å²) in [6.45, 7) is 0.583. The van der Waals surface area contributed by atoms with E-state index >= 15 is 0 Å². The Morgan fingerprint density at radius 2 is 2.04 bits per heavy atom. The molecule has 142 valence electrons. The van der Waals surface area contributed by atoms with E-state index in [-0.39, 0.29) is 5.91 Å². The van der Waals surface area contributed by atoms with Gasteiger partial charge in [0, 0.05) is 35.8 Å². The van der Waals surface area contributed by atoms with Crippen LogP contribution in [0.1, 0.15) is 16.2 Å². The van der Waals surface area contributed by atoms with Crippen molar-refractivity contribution in [2.24, 2.45) is 0 Å². The highest BCUT2D eigenvalue weighted by Gasteiger charge is 2.21. The molecule has 0 atom stereocenters. The molecular formula is C21H18ClN3O2S. The van der Waals surface area contributed by atoms with Crippen LogP contribution in [0.4, 0.5) is 0 Å². The number of benzene rings is 1. The number of halogens is 1. The molecule has 2 aromatic heterocycles. The predicted molar refractivity (Wildman–Crippen MR) is 113 cm³/mol. The van der Waals surface area contributed by atoms with E-state index in [1.807, 2.05) is 36.4 Å². The molecule has 3 heterocycles. The van der Waals surface area contributed by atoms with Crippen molar-refractivity contribution >= 4 is 38.9 Å². The van der Waals surface area contributed by atoms with Gasteiger partial charge < -0.3 is 9.64 Å². The monoisotopic (exact) mass is 411 g/mol. The van der Waals surface area contributed by atoms with Gasteiger partial charge in [0.05, 0.1) is 16.7 Å². The Kier molecular flexibility index (Phi) is 5.15. The molecule has 0 radical (unpaired) electrons. The van der Waals surface area contributed by atoms with Crippen molar-refractivity contribution in [2.75, 3.05) is 20.7 Å². The van der Waals surface area contributed by atoms with Crippen LogP contribution in [0.15, 0.2) is 54.3 Å². The summed E-state index contributed by atoms with van der Waals surface area (Å²) in [5.41, 5.74) is 3.26. The Balaban J connectivity index is 1.85. The summed E-state index contributed by atoms with van der Waals surface area (Å²) in [6.07, 6.45) is 6.34. The van der Waals surface area contributed by atoms with E-state index in [4.69, 9.17) is 16.3 Å². The van der Waals surface area contributed by atoms with Gasteiger partial charge in [-0.05, 0) is 35.4 Å². The van der Waals surface area contributed by atoms with Crippen molar-refractivity contribution in [2.45, 2.75) is 6.42 Å². The van der Waals surface area contributed by atoms with Crippen molar-refractivity contribution in [1.29, 1.82) is 0 Å². The molecule has 1 aromatic carbocycles. The number of thiophene rings is 1. The first-order valence-electron chi connectivity index (χ1n) is 8.77. The fraction of sp³-hybridized carbons (Fsp3) is 0.190. The zero-order chi connectivity index (χ0) is 19.7. The number of fused-ring (bicyclic) bond motifs is 1. The van der Waals surface area contributed by atoms with Gasteiger partial charge in [-0.3, -0.25) is 4.79 Å². The van der Waals surface area contributed by atoms with Gasteiger partial charge in [-0.15, -0.1) is 16.4 Å². The molecular weight excluding hydrogens is 394 g/mol.